The van der Waals surface area contributed by atoms with Crippen LogP contribution in [0.1, 0.15) is 43.7 Å². The molecule has 49 heavy (non-hydrogen) atoms. The van der Waals surface area contributed by atoms with E-state index < -0.39 is 38.5 Å². The van der Waals surface area contributed by atoms with Crippen LogP contribution < -0.4 is 15.2 Å². The van der Waals surface area contributed by atoms with Crippen molar-refractivity contribution in [3.8, 4) is 11.5 Å². The average Bonchev–Trinajstić information content (AvgIpc) is 3.66. The van der Waals surface area contributed by atoms with Gasteiger partial charge in [0.15, 0.2) is 26.0 Å². The number of ether oxygens (including phenoxy) is 4. The van der Waals surface area contributed by atoms with Crippen LogP contribution in [0.2, 0.25) is 18.1 Å². The monoisotopic (exact) mass is 683 g/mol. The fourth-order valence-corrected chi connectivity index (χ4v) is 7.41. The molecule has 0 bridgehead atoms. The standard InChI is InChI=1S/C37H45N5O6Si/c1-36(2,3)49(6,7)48-32-29(47-35(31(32)43)42-23-41-30-33(38)39-22-40-34(30)42)21-46-37(24-11-9-8-10-12-24,25-13-17-27(44-4)18-14-25)26-15-19-28(45-5)20-16-26/h8-20,22-23,29,31-32,35,43H,21H2,1-7H3,(H2,38,39,40)/t29-,31-,32-,35-/m1/s1. The van der Waals surface area contributed by atoms with E-state index in [9.17, 15) is 5.11 Å². The van der Waals surface area contributed by atoms with Gasteiger partial charge in [0.25, 0.3) is 0 Å². The number of anilines is 1. The topological polar surface area (TPSA) is 136 Å². The molecule has 1 fully saturated rings. The number of hydrogen-bond donors (Lipinski definition) is 2. The molecule has 3 heterocycles. The maximum Gasteiger partial charge on any atom is 0.192 e. The zero-order valence-corrected chi connectivity index (χ0v) is 30.0. The van der Waals surface area contributed by atoms with E-state index in [0.717, 1.165) is 28.2 Å². The van der Waals surface area contributed by atoms with E-state index in [-0.39, 0.29) is 17.5 Å². The number of fused-ring (bicyclic) bond motifs is 1. The van der Waals surface area contributed by atoms with Gasteiger partial charge in [0.2, 0.25) is 0 Å². The Hall–Kier alpha value is -4.33. The Kier molecular flexibility index (Phi) is 9.53. The number of aliphatic hydroxyl groups excluding tert-OH is 1. The lowest BCUT2D eigenvalue weighted by molar-refractivity contribution is -0.0930. The van der Waals surface area contributed by atoms with Crippen molar-refractivity contribution >= 4 is 25.3 Å². The molecule has 3 N–H and O–H groups in total. The molecular formula is C37H45N5O6Si. The molecule has 11 nitrogen and oxygen atoms in total. The van der Waals surface area contributed by atoms with Crippen molar-refractivity contribution in [2.24, 2.45) is 0 Å². The lowest BCUT2D eigenvalue weighted by Gasteiger charge is -2.41. The van der Waals surface area contributed by atoms with Gasteiger partial charge in [-0.1, -0.05) is 75.4 Å². The van der Waals surface area contributed by atoms with E-state index >= 15 is 0 Å². The lowest BCUT2D eigenvalue weighted by atomic mass is 9.80. The van der Waals surface area contributed by atoms with E-state index in [4.69, 9.17) is 29.1 Å². The van der Waals surface area contributed by atoms with Gasteiger partial charge in [-0.2, -0.15) is 0 Å². The smallest absolute Gasteiger partial charge is 0.192 e. The summed E-state index contributed by atoms with van der Waals surface area (Å²) in [6.45, 7) is 10.9. The molecular weight excluding hydrogens is 639 g/mol. The molecule has 2 aromatic heterocycles. The zero-order valence-electron chi connectivity index (χ0n) is 29.0. The normalized spacial score (nSPS) is 20.1. The van der Waals surface area contributed by atoms with Crippen molar-refractivity contribution in [2.45, 2.75) is 69.0 Å². The molecule has 0 unspecified atom stereocenters. The predicted molar refractivity (Wildman–Crippen MR) is 190 cm³/mol. The van der Waals surface area contributed by atoms with Crippen molar-refractivity contribution in [3.63, 3.8) is 0 Å². The van der Waals surface area contributed by atoms with Gasteiger partial charge < -0.3 is 34.2 Å². The largest absolute Gasteiger partial charge is 0.497 e. The van der Waals surface area contributed by atoms with Crippen molar-refractivity contribution in [1.82, 2.24) is 19.5 Å². The minimum Gasteiger partial charge on any atom is -0.497 e. The number of methoxy groups -OCH3 is 2. The predicted octanol–water partition coefficient (Wildman–Crippen LogP) is 6.08. The maximum absolute atomic E-state index is 12.0. The summed E-state index contributed by atoms with van der Waals surface area (Å²) in [5, 5.41) is 11.9. The van der Waals surface area contributed by atoms with Gasteiger partial charge >= 0.3 is 0 Å². The van der Waals surface area contributed by atoms with Gasteiger partial charge in [-0.3, -0.25) is 4.57 Å². The summed E-state index contributed by atoms with van der Waals surface area (Å²) in [6, 6.07) is 25.8. The first-order chi connectivity index (χ1) is 23.4. The van der Waals surface area contributed by atoms with E-state index in [1.807, 2.05) is 78.9 Å². The molecule has 6 rings (SSSR count). The first kappa shape index (κ1) is 34.5. The molecule has 0 spiro atoms. The zero-order chi connectivity index (χ0) is 35.0. The first-order valence-corrected chi connectivity index (χ1v) is 19.2. The van der Waals surface area contributed by atoms with E-state index in [2.05, 4.69) is 48.8 Å². The summed E-state index contributed by atoms with van der Waals surface area (Å²) in [7, 11) is 0.875. The Labute approximate surface area is 288 Å². The van der Waals surface area contributed by atoms with Crippen molar-refractivity contribution < 1.29 is 28.5 Å². The minimum atomic E-state index is -2.41. The number of hydrogen-bond acceptors (Lipinski definition) is 10. The van der Waals surface area contributed by atoms with Crippen LogP contribution in [0.15, 0.2) is 91.5 Å². The number of aromatic nitrogens is 4. The number of aliphatic hydroxyl groups is 1. The van der Waals surface area contributed by atoms with Crippen LogP contribution in [0.5, 0.6) is 11.5 Å². The summed E-state index contributed by atoms with van der Waals surface area (Å²) in [5.41, 5.74) is 8.58. The highest BCUT2D eigenvalue weighted by Gasteiger charge is 2.52. The second kappa shape index (κ2) is 13.5. The Bertz CT molecular complexity index is 1810. The molecule has 0 saturated carbocycles. The highest BCUT2D eigenvalue weighted by Crippen LogP contribution is 2.45. The Morgan fingerprint density at radius 1 is 0.837 bits per heavy atom. The molecule has 0 radical (unpaired) electrons. The van der Waals surface area contributed by atoms with Gasteiger partial charge in [0, 0.05) is 0 Å². The number of imidazole rings is 1. The summed E-state index contributed by atoms with van der Waals surface area (Å²) < 4.78 is 33.6. The van der Waals surface area contributed by atoms with E-state index in [1.54, 1.807) is 25.1 Å². The summed E-state index contributed by atoms with van der Waals surface area (Å²) in [5.74, 6) is 1.70. The first-order valence-electron chi connectivity index (χ1n) is 16.3. The van der Waals surface area contributed by atoms with Gasteiger partial charge in [-0.25, -0.2) is 15.0 Å². The summed E-state index contributed by atoms with van der Waals surface area (Å²) in [4.78, 5) is 12.9. The van der Waals surface area contributed by atoms with Crippen LogP contribution in [-0.4, -0.2) is 72.1 Å². The van der Waals surface area contributed by atoms with Crippen molar-refractivity contribution in [3.05, 3.63) is 108 Å². The molecule has 1 saturated heterocycles. The molecule has 1 aliphatic heterocycles. The Balaban J connectivity index is 1.45. The van der Waals surface area contributed by atoms with Gasteiger partial charge in [-0.15, -0.1) is 0 Å². The number of nitrogen functional groups attached to an aromatic ring is 1. The van der Waals surface area contributed by atoms with Gasteiger partial charge in [0.05, 0.1) is 27.2 Å². The van der Waals surface area contributed by atoms with Crippen LogP contribution >= 0.6 is 0 Å². The van der Waals surface area contributed by atoms with Gasteiger partial charge in [0.1, 0.15) is 47.3 Å². The quantitative estimate of drug-likeness (QED) is 0.125. The van der Waals surface area contributed by atoms with Crippen LogP contribution in [0.4, 0.5) is 5.82 Å². The average molecular weight is 684 g/mol. The number of nitrogens with zero attached hydrogens (tertiary/aromatic N) is 4. The Morgan fingerprint density at radius 3 is 1.96 bits per heavy atom. The van der Waals surface area contributed by atoms with Crippen molar-refractivity contribution in [1.29, 1.82) is 0 Å². The Morgan fingerprint density at radius 2 is 1.41 bits per heavy atom. The fourth-order valence-electron chi connectivity index (χ4n) is 6.08. The number of nitrogens with two attached hydrogens (primary N) is 1. The SMILES string of the molecule is COc1ccc(C(OC[C@H]2O[C@@H](n3cnc4c(N)ncnc43)[C@H](O)[C@@H]2O[Si](C)(C)C(C)(C)C)(c2ccccc2)c2ccc(OC)cc2)cc1. The highest BCUT2D eigenvalue weighted by molar-refractivity contribution is 6.74. The minimum absolute atomic E-state index is 0.0730. The summed E-state index contributed by atoms with van der Waals surface area (Å²) >= 11 is 0. The van der Waals surface area contributed by atoms with E-state index in [1.165, 1.54) is 6.33 Å². The molecule has 0 aliphatic carbocycles. The van der Waals surface area contributed by atoms with Crippen LogP contribution in [-0.2, 0) is 19.5 Å². The van der Waals surface area contributed by atoms with Crippen molar-refractivity contribution in [2.75, 3.05) is 26.6 Å². The lowest BCUT2D eigenvalue weighted by Crippen LogP contribution is -2.50. The number of rotatable bonds is 11. The number of benzene rings is 3. The highest BCUT2D eigenvalue weighted by atomic mass is 28.4. The molecule has 5 aromatic rings. The summed E-state index contributed by atoms with van der Waals surface area (Å²) in [6.07, 6.45) is -0.383. The molecule has 4 atom stereocenters. The fraction of sp³-hybridized carbons (Fsp3) is 0.378. The van der Waals surface area contributed by atoms with Crippen LogP contribution in [0.3, 0.4) is 0 Å². The van der Waals surface area contributed by atoms with Gasteiger partial charge in [-0.05, 0) is 59.1 Å². The molecule has 0 amide bonds. The van der Waals surface area contributed by atoms with E-state index in [0.29, 0.717) is 11.2 Å². The maximum atomic E-state index is 12.0. The molecule has 3 aromatic carbocycles. The second-order valence-electron chi connectivity index (χ2n) is 13.8. The third kappa shape index (κ3) is 6.42. The molecule has 258 valence electrons. The van der Waals surface area contributed by atoms with Crippen LogP contribution in [0.25, 0.3) is 11.2 Å². The third-order valence-electron chi connectivity index (χ3n) is 9.85. The molecule has 12 heteroatoms. The second-order valence-corrected chi connectivity index (χ2v) is 18.6. The third-order valence-corrected chi connectivity index (χ3v) is 14.3. The van der Waals surface area contributed by atoms with Crippen LogP contribution in [0, 0.1) is 0 Å². The molecule has 1 aliphatic rings.